The van der Waals surface area contributed by atoms with E-state index in [4.69, 9.17) is 5.73 Å². The fourth-order valence-corrected chi connectivity index (χ4v) is 4.81. The fourth-order valence-electron chi connectivity index (χ4n) is 4.81. The molecule has 1 aliphatic carbocycles. The molecule has 2 aliphatic rings. The highest BCUT2D eigenvalue weighted by atomic mass is 19.1. The zero-order chi connectivity index (χ0) is 25.6. The van der Waals surface area contributed by atoms with Gasteiger partial charge >= 0.3 is 0 Å². The molecule has 0 bridgehead atoms. The van der Waals surface area contributed by atoms with E-state index in [-0.39, 0.29) is 41.1 Å². The molecule has 186 valence electrons. The van der Waals surface area contributed by atoms with Crippen molar-refractivity contribution in [3.8, 4) is 6.07 Å². The SMILES string of the molecule is Cc1cn2cc(N=C(N)c3c(C#N)cc(N4CC(C)NC(C)C4)cc3NC(=O)C3CC3)cc(F)c2n1. The topological polar surface area (TPSA) is 124 Å². The summed E-state index contributed by atoms with van der Waals surface area (Å²) in [5, 5.41) is 16.5. The first-order valence-corrected chi connectivity index (χ1v) is 12.1. The number of piperazine rings is 1. The predicted octanol–water partition coefficient (Wildman–Crippen LogP) is 3.23. The summed E-state index contributed by atoms with van der Waals surface area (Å²) >= 11 is 0. The van der Waals surface area contributed by atoms with Crippen LogP contribution >= 0.6 is 0 Å². The lowest BCUT2D eigenvalue weighted by Crippen LogP contribution is -2.54. The van der Waals surface area contributed by atoms with Crippen molar-refractivity contribution in [1.82, 2.24) is 14.7 Å². The number of benzene rings is 1. The second-order valence-electron chi connectivity index (χ2n) is 9.82. The van der Waals surface area contributed by atoms with Crippen molar-refractivity contribution in [1.29, 1.82) is 5.26 Å². The molecular weight excluding hydrogens is 459 g/mol. The lowest BCUT2D eigenvalue weighted by Gasteiger charge is -2.38. The maximum atomic E-state index is 14.6. The number of aliphatic imine (C=N–C) groups is 1. The van der Waals surface area contributed by atoms with E-state index in [1.54, 1.807) is 29.8 Å². The molecule has 2 atom stereocenters. The molecule has 3 aromatic rings. The van der Waals surface area contributed by atoms with E-state index in [9.17, 15) is 14.4 Å². The summed E-state index contributed by atoms with van der Waals surface area (Å²) in [7, 11) is 0. The third kappa shape index (κ3) is 4.75. The molecule has 2 fully saturated rings. The number of rotatable bonds is 5. The molecule has 0 radical (unpaired) electrons. The van der Waals surface area contributed by atoms with Crippen molar-refractivity contribution >= 4 is 34.5 Å². The number of nitriles is 1. The Bertz CT molecular complexity index is 1410. The number of carbonyl (C=O) groups is 1. The van der Waals surface area contributed by atoms with Gasteiger partial charge in [-0.2, -0.15) is 5.26 Å². The number of amides is 1. The molecule has 2 unspecified atom stereocenters. The molecule has 2 aromatic heterocycles. The minimum absolute atomic E-state index is 0.0156. The van der Waals surface area contributed by atoms with Crippen LogP contribution in [0, 0.1) is 30.0 Å². The van der Waals surface area contributed by atoms with Gasteiger partial charge in [0.25, 0.3) is 0 Å². The quantitative estimate of drug-likeness (QED) is 0.374. The van der Waals surface area contributed by atoms with Gasteiger partial charge in [-0.05, 0) is 45.7 Å². The van der Waals surface area contributed by atoms with Crippen molar-refractivity contribution in [3.63, 3.8) is 0 Å². The molecule has 1 saturated heterocycles. The van der Waals surface area contributed by atoms with E-state index >= 15 is 0 Å². The number of anilines is 2. The number of imidazole rings is 1. The van der Waals surface area contributed by atoms with Crippen molar-refractivity contribution in [2.45, 2.75) is 45.7 Å². The molecule has 3 heterocycles. The molecule has 10 heteroatoms. The van der Waals surface area contributed by atoms with E-state index in [1.165, 1.54) is 6.07 Å². The number of hydrogen-bond acceptors (Lipinski definition) is 6. The molecule has 1 amide bonds. The van der Waals surface area contributed by atoms with Gasteiger partial charge < -0.3 is 25.7 Å². The Balaban J connectivity index is 1.59. The van der Waals surface area contributed by atoms with Crippen LogP contribution in [0.1, 0.15) is 43.5 Å². The van der Waals surface area contributed by atoms with Gasteiger partial charge in [0, 0.05) is 55.2 Å². The molecule has 5 rings (SSSR count). The Hall–Kier alpha value is -3.97. The van der Waals surface area contributed by atoms with Gasteiger partial charge in [-0.15, -0.1) is 0 Å². The van der Waals surface area contributed by atoms with E-state index < -0.39 is 5.82 Å². The summed E-state index contributed by atoms with van der Waals surface area (Å²) in [5.41, 5.74) is 9.44. The zero-order valence-corrected chi connectivity index (χ0v) is 20.5. The number of aryl methyl sites for hydroxylation is 1. The molecule has 36 heavy (non-hydrogen) atoms. The van der Waals surface area contributed by atoms with Gasteiger partial charge in [0.1, 0.15) is 11.9 Å². The van der Waals surface area contributed by atoms with Crippen LogP contribution in [0.4, 0.5) is 21.5 Å². The summed E-state index contributed by atoms with van der Waals surface area (Å²) in [5.74, 6) is -0.655. The number of amidine groups is 1. The molecule has 1 aliphatic heterocycles. The maximum Gasteiger partial charge on any atom is 0.227 e. The first-order chi connectivity index (χ1) is 17.2. The highest BCUT2D eigenvalue weighted by Crippen LogP contribution is 2.34. The van der Waals surface area contributed by atoms with Crippen LogP contribution in [0.3, 0.4) is 0 Å². The molecule has 1 aromatic carbocycles. The first kappa shape index (κ1) is 23.8. The van der Waals surface area contributed by atoms with Crippen LogP contribution in [0.15, 0.2) is 35.6 Å². The Morgan fingerprint density at radius 2 is 1.97 bits per heavy atom. The van der Waals surface area contributed by atoms with Crippen LogP contribution in [0.5, 0.6) is 0 Å². The Morgan fingerprint density at radius 3 is 2.64 bits per heavy atom. The molecular formula is C26H29FN8O. The van der Waals surface area contributed by atoms with E-state index in [2.05, 4.69) is 45.4 Å². The second-order valence-corrected chi connectivity index (χ2v) is 9.82. The van der Waals surface area contributed by atoms with Crippen molar-refractivity contribution < 1.29 is 9.18 Å². The largest absolute Gasteiger partial charge is 0.383 e. The van der Waals surface area contributed by atoms with Gasteiger partial charge in [0.15, 0.2) is 11.5 Å². The minimum atomic E-state index is -0.530. The number of nitrogens with one attached hydrogen (secondary N) is 2. The molecule has 1 saturated carbocycles. The van der Waals surface area contributed by atoms with Crippen LogP contribution < -0.4 is 21.3 Å². The highest BCUT2D eigenvalue weighted by molar-refractivity contribution is 6.09. The van der Waals surface area contributed by atoms with Crippen molar-refractivity contribution in [2.75, 3.05) is 23.3 Å². The van der Waals surface area contributed by atoms with E-state index in [1.807, 2.05) is 6.07 Å². The molecule has 0 spiro atoms. The number of carbonyl (C=O) groups excluding carboxylic acids is 1. The smallest absolute Gasteiger partial charge is 0.227 e. The summed E-state index contributed by atoms with van der Waals surface area (Å²) in [6.45, 7) is 7.52. The maximum absolute atomic E-state index is 14.6. The number of nitrogens with two attached hydrogens (primary N) is 1. The second kappa shape index (κ2) is 9.24. The normalized spacial score (nSPS) is 20.4. The molecule has 9 nitrogen and oxygen atoms in total. The van der Waals surface area contributed by atoms with Gasteiger partial charge in [0.2, 0.25) is 5.91 Å². The predicted molar refractivity (Wildman–Crippen MR) is 137 cm³/mol. The summed E-state index contributed by atoms with van der Waals surface area (Å²) in [6, 6.07) is 7.64. The van der Waals surface area contributed by atoms with Crippen LogP contribution in [0.2, 0.25) is 0 Å². The van der Waals surface area contributed by atoms with Crippen molar-refractivity contribution in [2.24, 2.45) is 16.6 Å². The molecule has 4 N–H and O–H groups in total. The first-order valence-electron chi connectivity index (χ1n) is 12.1. The minimum Gasteiger partial charge on any atom is -0.383 e. The average Bonchev–Trinajstić information content (AvgIpc) is 3.59. The van der Waals surface area contributed by atoms with Gasteiger partial charge in [-0.3, -0.25) is 4.79 Å². The van der Waals surface area contributed by atoms with Crippen LogP contribution in [0.25, 0.3) is 5.65 Å². The third-order valence-electron chi connectivity index (χ3n) is 6.49. The number of halogens is 1. The monoisotopic (exact) mass is 488 g/mol. The van der Waals surface area contributed by atoms with Gasteiger partial charge in [0.05, 0.1) is 28.2 Å². The standard InChI is InChI=1S/C26H29FN8O/c1-14-10-34(11-15(2)30-14)20-6-18(9-28)23(22(8-20)33-26(36)17-4-5-17)24(29)32-19-7-21(27)25-31-16(3)12-35(25)13-19/h6-8,12-15,17,30H,4-5,10-11H2,1-3H3,(H2,29,32)(H,33,36). The highest BCUT2D eigenvalue weighted by Gasteiger charge is 2.31. The zero-order valence-electron chi connectivity index (χ0n) is 20.5. The Labute approximate surface area is 208 Å². The van der Waals surface area contributed by atoms with E-state index in [0.717, 1.165) is 31.6 Å². The summed E-state index contributed by atoms with van der Waals surface area (Å²) < 4.78 is 16.2. The van der Waals surface area contributed by atoms with Crippen LogP contribution in [-0.4, -0.2) is 46.3 Å². The number of pyridine rings is 1. The average molecular weight is 489 g/mol. The van der Waals surface area contributed by atoms with Crippen LogP contribution in [-0.2, 0) is 4.79 Å². The van der Waals surface area contributed by atoms with E-state index in [0.29, 0.717) is 22.5 Å². The van der Waals surface area contributed by atoms with Crippen molar-refractivity contribution in [3.05, 3.63) is 53.2 Å². The number of nitrogens with zero attached hydrogens (tertiary/aromatic N) is 5. The Kier molecular flexibility index (Phi) is 6.10. The lowest BCUT2D eigenvalue weighted by molar-refractivity contribution is -0.117. The Morgan fingerprint density at radius 1 is 1.25 bits per heavy atom. The number of fused-ring (bicyclic) bond motifs is 1. The van der Waals surface area contributed by atoms with Gasteiger partial charge in [-0.25, -0.2) is 14.4 Å². The third-order valence-corrected chi connectivity index (χ3v) is 6.49. The van der Waals surface area contributed by atoms with Gasteiger partial charge in [-0.1, -0.05) is 0 Å². The lowest BCUT2D eigenvalue weighted by atomic mass is 10.0. The summed E-state index contributed by atoms with van der Waals surface area (Å²) in [4.78, 5) is 23.5. The fraction of sp³-hybridized carbons (Fsp3) is 0.385. The number of hydrogen-bond donors (Lipinski definition) is 3. The number of aromatic nitrogens is 2. The summed E-state index contributed by atoms with van der Waals surface area (Å²) in [6.07, 6.45) is 5.00.